The van der Waals surface area contributed by atoms with Crippen molar-refractivity contribution in [2.75, 3.05) is 6.61 Å². The summed E-state index contributed by atoms with van der Waals surface area (Å²) >= 11 is 0. The number of hydrogen-bond acceptors (Lipinski definition) is 4. The second kappa shape index (κ2) is 7.86. The highest BCUT2D eigenvalue weighted by molar-refractivity contribution is 5.62. The lowest BCUT2D eigenvalue weighted by atomic mass is 10.1. The van der Waals surface area contributed by atoms with Crippen LogP contribution in [0.3, 0.4) is 0 Å². The van der Waals surface area contributed by atoms with Crippen molar-refractivity contribution in [2.45, 2.75) is 25.9 Å². The van der Waals surface area contributed by atoms with Crippen LogP contribution in [0.4, 0.5) is 0 Å². The first-order chi connectivity index (χ1) is 11.8. The fourth-order valence-electron chi connectivity index (χ4n) is 2.58. The number of aliphatic hydroxyl groups is 1. The number of benzene rings is 1. The zero-order valence-corrected chi connectivity index (χ0v) is 13.8. The number of aromatic nitrogens is 3. The summed E-state index contributed by atoms with van der Waals surface area (Å²) in [5.41, 5.74) is 4.06. The normalized spacial score (nSPS) is 12.2. The quantitative estimate of drug-likeness (QED) is 0.702. The summed E-state index contributed by atoms with van der Waals surface area (Å²) in [6, 6.07) is 14.3. The summed E-state index contributed by atoms with van der Waals surface area (Å²) in [6.45, 7) is 2.95. The number of nitrogens with one attached hydrogen (secondary N) is 1. The molecule has 0 saturated carbocycles. The minimum atomic E-state index is 0.187. The van der Waals surface area contributed by atoms with Crippen LogP contribution in [0.5, 0.6) is 0 Å². The third-order valence-corrected chi connectivity index (χ3v) is 3.95. The van der Waals surface area contributed by atoms with Gasteiger partial charge >= 0.3 is 0 Å². The van der Waals surface area contributed by atoms with Crippen LogP contribution in [0.25, 0.3) is 16.9 Å². The number of pyridine rings is 1. The van der Waals surface area contributed by atoms with Crippen molar-refractivity contribution < 1.29 is 5.11 Å². The van der Waals surface area contributed by atoms with Gasteiger partial charge in [-0.1, -0.05) is 18.2 Å². The molecule has 0 aliphatic carbocycles. The standard InChI is InChI=1S/C19H22N4O/c1-15(9-11-24)21-13-17-14-23(18-7-3-2-4-8-18)22-19(17)16-6-5-10-20-12-16/h2-8,10,12,14-15,21,24H,9,11,13H2,1H3. The van der Waals surface area contributed by atoms with Gasteiger partial charge in [0.2, 0.25) is 0 Å². The average Bonchev–Trinajstić information content (AvgIpc) is 3.06. The van der Waals surface area contributed by atoms with Gasteiger partial charge in [-0.25, -0.2) is 4.68 Å². The van der Waals surface area contributed by atoms with E-state index >= 15 is 0 Å². The molecule has 124 valence electrons. The molecule has 0 aliphatic heterocycles. The van der Waals surface area contributed by atoms with E-state index in [9.17, 15) is 0 Å². The summed E-state index contributed by atoms with van der Waals surface area (Å²) in [4.78, 5) is 4.21. The minimum absolute atomic E-state index is 0.187. The van der Waals surface area contributed by atoms with E-state index in [0.717, 1.165) is 28.9 Å². The molecule has 0 amide bonds. The van der Waals surface area contributed by atoms with Gasteiger partial charge in [-0.3, -0.25) is 4.98 Å². The maximum absolute atomic E-state index is 9.05. The smallest absolute Gasteiger partial charge is 0.0988 e. The Balaban J connectivity index is 1.91. The van der Waals surface area contributed by atoms with Gasteiger partial charge in [-0.2, -0.15) is 5.10 Å². The molecule has 0 fully saturated rings. The molecule has 0 saturated heterocycles. The van der Waals surface area contributed by atoms with Crippen LogP contribution >= 0.6 is 0 Å². The number of aliphatic hydroxyl groups excluding tert-OH is 1. The van der Waals surface area contributed by atoms with Gasteiger partial charge in [-0.15, -0.1) is 0 Å². The van der Waals surface area contributed by atoms with Gasteiger partial charge in [0.1, 0.15) is 0 Å². The Morgan fingerprint density at radius 3 is 2.71 bits per heavy atom. The van der Waals surface area contributed by atoms with Crippen molar-refractivity contribution in [1.29, 1.82) is 0 Å². The molecule has 3 rings (SSSR count). The van der Waals surface area contributed by atoms with Gasteiger partial charge in [0.05, 0.1) is 11.4 Å². The lowest BCUT2D eigenvalue weighted by molar-refractivity contribution is 0.268. The first-order valence-corrected chi connectivity index (χ1v) is 8.16. The first kappa shape index (κ1) is 16.4. The molecule has 0 spiro atoms. The minimum Gasteiger partial charge on any atom is -0.396 e. The molecule has 1 aromatic carbocycles. The highest BCUT2D eigenvalue weighted by Crippen LogP contribution is 2.23. The van der Waals surface area contributed by atoms with E-state index in [1.165, 1.54) is 0 Å². The Morgan fingerprint density at radius 1 is 1.17 bits per heavy atom. The molecule has 0 radical (unpaired) electrons. The second-order valence-corrected chi connectivity index (χ2v) is 5.82. The molecule has 2 N–H and O–H groups in total. The summed E-state index contributed by atoms with van der Waals surface area (Å²) in [7, 11) is 0. The van der Waals surface area contributed by atoms with Crippen molar-refractivity contribution in [3.63, 3.8) is 0 Å². The van der Waals surface area contributed by atoms with Crippen LogP contribution in [-0.4, -0.2) is 32.5 Å². The molecule has 5 heteroatoms. The topological polar surface area (TPSA) is 63.0 Å². The van der Waals surface area contributed by atoms with E-state index in [2.05, 4.69) is 23.4 Å². The Bertz CT molecular complexity index is 756. The first-order valence-electron chi connectivity index (χ1n) is 8.16. The molecule has 2 heterocycles. The molecular formula is C19H22N4O. The Labute approximate surface area is 142 Å². The lowest BCUT2D eigenvalue weighted by Gasteiger charge is -2.11. The molecule has 1 atom stereocenters. The Morgan fingerprint density at radius 2 is 2.00 bits per heavy atom. The Kier molecular flexibility index (Phi) is 5.36. The zero-order chi connectivity index (χ0) is 16.8. The summed E-state index contributed by atoms with van der Waals surface area (Å²) in [5.74, 6) is 0. The summed E-state index contributed by atoms with van der Waals surface area (Å²) < 4.78 is 1.90. The number of hydrogen-bond donors (Lipinski definition) is 2. The monoisotopic (exact) mass is 322 g/mol. The molecule has 0 bridgehead atoms. The van der Waals surface area contributed by atoms with Gasteiger partial charge < -0.3 is 10.4 Å². The van der Waals surface area contributed by atoms with E-state index in [-0.39, 0.29) is 12.6 Å². The van der Waals surface area contributed by atoms with Gasteiger partial charge in [-0.05, 0) is 37.6 Å². The number of nitrogens with zero attached hydrogens (tertiary/aromatic N) is 3. The maximum atomic E-state index is 9.05. The van der Waals surface area contributed by atoms with Crippen LogP contribution < -0.4 is 5.32 Å². The van der Waals surface area contributed by atoms with E-state index in [1.54, 1.807) is 6.20 Å². The molecule has 1 unspecified atom stereocenters. The van der Waals surface area contributed by atoms with Crippen molar-refractivity contribution in [3.05, 3.63) is 66.6 Å². The maximum Gasteiger partial charge on any atom is 0.0988 e. The molecule has 5 nitrogen and oxygen atoms in total. The van der Waals surface area contributed by atoms with E-state index in [1.807, 2.05) is 53.3 Å². The van der Waals surface area contributed by atoms with Gasteiger partial charge in [0, 0.05) is 48.9 Å². The van der Waals surface area contributed by atoms with Crippen LogP contribution in [0.2, 0.25) is 0 Å². The third-order valence-electron chi connectivity index (χ3n) is 3.95. The van der Waals surface area contributed by atoms with Crippen molar-refractivity contribution >= 4 is 0 Å². The van der Waals surface area contributed by atoms with Crippen LogP contribution in [-0.2, 0) is 6.54 Å². The molecule has 0 aliphatic rings. The average molecular weight is 322 g/mol. The van der Waals surface area contributed by atoms with Crippen LogP contribution in [0, 0.1) is 0 Å². The summed E-state index contributed by atoms with van der Waals surface area (Å²) in [6.07, 6.45) is 6.38. The predicted molar refractivity (Wildman–Crippen MR) is 94.8 cm³/mol. The van der Waals surface area contributed by atoms with Crippen LogP contribution in [0.1, 0.15) is 18.9 Å². The van der Waals surface area contributed by atoms with E-state index in [4.69, 9.17) is 10.2 Å². The highest BCUT2D eigenvalue weighted by atomic mass is 16.3. The SMILES string of the molecule is CC(CCO)NCc1cn(-c2ccccc2)nc1-c1cccnc1. The predicted octanol–water partition coefficient (Wildman–Crippen LogP) is 2.79. The van der Waals surface area contributed by atoms with Crippen molar-refractivity contribution in [3.8, 4) is 16.9 Å². The Hall–Kier alpha value is -2.50. The third kappa shape index (κ3) is 3.88. The fraction of sp³-hybridized carbons (Fsp3) is 0.263. The summed E-state index contributed by atoms with van der Waals surface area (Å²) in [5, 5.41) is 17.3. The van der Waals surface area contributed by atoms with E-state index < -0.39 is 0 Å². The van der Waals surface area contributed by atoms with Gasteiger partial charge in [0.15, 0.2) is 0 Å². The molecular weight excluding hydrogens is 300 g/mol. The number of rotatable bonds is 7. The van der Waals surface area contributed by atoms with Crippen molar-refractivity contribution in [1.82, 2.24) is 20.1 Å². The molecule has 2 aromatic heterocycles. The second-order valence-electron chi connectivity index (χ2n) is 5.82. The van der Waals surface area contributed by atoms with Gasteiger partial charge in [0.25, 0.3) is 0 Å². The zero-order valence-electron chi connectivity index (χ0n) is 13.8. The molecule has 24 heavy (non-hydrogen) atoms. The fourth-order valence-corrected chi connectivity index (χ4v) is 2.58. The highest BCUT2D eigenvalue weighted by Gasteiger charge is 2.13. The number of para-hydroxylation sites is 1. The molecule has 3 aromatic rings. The lowest BCUT2D eigenvalue weighted by Crippen LogP contribution is -2.26. The largest absolute Gasteiger partial charge is 0.396 e. The van der Waals surface area contributed by atoms with E-state index in [0.29, 0.717) is 6.54 Å². The van der Waals surface area contributed by atoms with Crippen LogP contribution in [0.15, 0.2) is 61.1 Å². The van der Waals surface area contributed by atoms with Crippen molar-refractivity contribution in [2.24, 2.45) is 0 Å².